The van der Waals surface area contributed by atoms with Crippen LogP contribution in [-0.4, -0.2) is 59.3 Å². The first-order valence-electron chi connectivity index (χ1n) is 8.53. The monoisotopic (exact) mass is 342 g/mol. The Balaban J connectivity index is 1.44. The molecule has 2 aromatic rings. The fourth-order valence-corrected chi connectivity index (χ4v) is 3.40. The smallest absolute Gasteiger partial charge is 0.274 e. The molecule has 0 saturated carbocycles. The highest BCUT2D eigenvalue weighted by Crippen LogP contribution is 2.26. The van der Waals surface area contributed by atoms with E-state index in [9.17, 15) is 4.79 Å². The van der Waals surface area contributed by atoms with Crippen LogP contribution in [0.5, 0.6) is 5.75 Å². The molecule has 1 aromatic heterocycles. The number of amides is 1. The molecule has 1 fully saturated rings. The number of aromatic nitrogens is 2. The number of carbonyl (C=O) groups is 1. The lowest BCUT2D eigenvalue weighted by molar-refractivity contribution is 0.0298. The van der Waals surface area contributed by atoms with Crippen LogP contribution in [0, 0.1) is 0 Å². The molecule has 1 saturated heterocycles. The van der Waals surface area contributed by atoms with Crippen molar-refractivity contribution in [2.75, 3.05) is 33.4 Å². The Hall–Kier alpha value is -2.38. The molecule has 3 heterocycles. The molecule has 0 radical (unpaired) electrons. The van der Waals surface area contributed by atoms with E-state index in [1.807, 2.05) is 17.0 Å². The highest BCUT2D eigenvalue weighted by atomic mass is 16.5. The number of morpholine rings is 1. The van der Waals surface area contributed by atoms with Gasteiger partial charge in [0.25, 0.3) is 5.91 Å². The Kier molecular flexibility index (Phi) is 4.42. The molecule has 1 N–H and O–H groups in total. The maximum absolute atomic E-state index is 12.7. The average molecular weight is 342 g/mol. The van der Waals surface area contributed by atoms with Crippen LogP contribution >= 0.6 is 0 Å². The highest BCUT2D eigenvalue weighted by Gasteiger charge is 2.30. The molecule has 132 valence electrons. The largest absolute Gasteiger partial charge is 0.497 e. The van der Waals surface area contributed by atoms with Gasteiger partial charge in [0, 0.05) is 38.3 Å². The molecule has 0 spiro atoms. The summed E-state index contributed by atoms with van der Waals surface area (Å²) in [7, 11) is 1.67. The second kappa shape index (κ2) is 6.85. The molecule has 25 heavy (non-hydrogen) atoms. The maximum atomic E-state index is 12.7. The van der Waals surface area contributed by atoms with Crippen molar-refractivity contribution in [2.45, 2.75) is 19.6 Å². The Morgan fingerprint density at radius 3 is 2.72 bits per heavy atom. The molecule has 4 rings (SSSR count). The molecule has 0 atom stereocenters. The third kappa shape index (κ3) is 3.25. The molecule has 7 heteroatoms. The van der Waals surface area contributed by atoms with Crippen molar-refractivity contribution in [2.24, 2.45) is 0 Å². The zero-order valence-corrected chi connectivity index (χ0v) is 14.3. The molecule has 0 aliphatic carbocycles. The van der Waals surface area contributed by atoms with E-state index in [1.54, 1.807) is 7.11 Å². The van der Waals surface area contributed by atoms with E-state index in [0.717, 1.165) is 36.6 Å². The number of rotatable bonds is 4. The van der Waals surface area contributed by atoms with Crippen molar-refractivity contribution in [3.8, 4) is 5.75 Å². The van der Waals surface area contributed by atoms with Gasteiger partial charge >= 0.3 is 0 Å². The first kappa shape index (κ1) is 16.1. The van der Waals surface area contributed by atoms with Gasteiger partial charge in [0.1, 0.15) is 5.75 Å². The summed E-state index contributed by atoms with van der Waals surface area (Å²) in [5.41, 5.74) is 3.87. The molecule has 1 amide bonds. The van der Waals surface area contributed by atoms with Gasteiger partial charge in [-0.1, -0.05) is 12.1 Å². The summed E-state index contributed by atoms with van der Waals surface area (Å²) < 4.78 is 10.5. The highest BCUT2D eigenvalue weighted by molar-refractivity contribution is 5.94. The quantitative estimate of drug-likeness (QED) is 0.910. The van der Waals surface area contributed by atoms with E-state index in [4.69, 9.17) is 9.47 Å². The van der Waals surface area contributed by atoms with Crippen molar-refractivity contribution in [3.05, 3.63) is 46.8 Å². The summed E-state index contributed by atoms with van der Waals surface area (Å²) >= 11 is 0. The summed E-state index contributed by atoms with van der Waals surface area (Å²) in [6.45, 7) is 4.82. The maximum Gasteiger partial charge on any atom is 0.274 e. The number of carbonyl (C=O) groups excluding carboxylic acids is 1. The first-order valence-corrected chi connectivity index (χ1v) is 8.53. The summed E-state index contributed by atoms with van der Waals surface area (Å²) in [5.74, 6) is 0.866. The van der Waals surface area contributed by atoms with Crippen LogP contribution in [-0.2, 0) is 24.4 Å². The zero-order chi connectivity index (χ0) is 17.2. The molecule has 1 aromatic carbocycles. The van der Waals surface area contributed by atoms with E-state index >= 15 is 0 Å². The minimum atomic E-state index is 0.00657. The van der Waals surface area contributed by atoms with Gasteiger partial charge in [0.15, 0.2) is 5.69 Å². The fourth-order valence-electron chi connectivity index (χ4n) is 3.40. The molecular weight excluding hydrogens is 320 g/mol. The normalized spacial score (nSPS) is 17.6. The number of ether oxygens (including phenoxy) is 2. The van der Waals surface area contributed by atoms with Gasteiger partial charge < -0.3 is 14.4 Å². The third-order valence-electron chi connectivity index (χ3n) is 4.78. The van der Waals surface area contributed by atoms with Crippen LogP contribution in [0.3, 0.4) is 0 Å². The van der Waals surface area contributed by atoms with Crippen LogP contribution in [0.25, 0.3) is 0 Å². The van der Waals surface area contributed by atoms with Crippen molar-refractivity contribution < 1.29 is 14.3 Å². The third-order valence-corrected chi connectivity index (χ3v) is 4.78. The molecule has 0 bridgehead atoms. The number of fused-ring (bicyclic) bond motifs is 1. The van der Waals surface area contributed by atoms with Crippen molar-refractivity contribution in [3.63, 3.8) is 0 Å². The summed E-state index contributed by atoms with van der Waals surface area (Å²) in [5, 5.41) is 7.33. The lowest BCUT2D eigenvalue weighted by Gasteiger charge is -2.26. The topological polar surface area (TPSA) is 70.7 Å². The number of methoxy groups -OCH3 is 1. The van der Waals surface area contributed by atoms with Gasteiger partial charge in [-0.3, -0.25) is 14.8 Å². The predicted molar refractivity (Wildman–Crippen MR) is 91.3 cm³/mol. The predicted octanol–water partition coefficient (Wildman–Crippen LogP) is 1.41. The number of H-pyrrole nitrogens is 1. The van der Waals surface area contributed by atoms with Crippen LogP contribution in [0.15, 0.2) is 24.3 Å². The van der Waals surface area contributed by atoms with Gasteiger partial charge in [-0.15, -0.1) is 0 Å². The van der Waals surface area contributed by atoms with Crippen LogP contribution in [0.2, 0.25) is 0 Å². The molecule has 2 aliphatic rings. The molecular formula is C18H22N4O3. The SMILES string of the molecule is COc1ccc(CN2Cc3[nH]nc(C(=O)N4CCOCC4)c3C2)cc1. The number of nitrogens with one attached hydrogen (secondary N) is 1. The van der Waals surface area contributed by atoms with Gasteiger partial charge in [-0.25, -0.2) is 0 Å². The zero-order valence-electron chi connectivity index (χ0n) is 14.3. The fraction of sp³-hybridized carbons (Fsp3) is 0.444. The van der Waals surface area contributed by atoms with Crippen molar-refractivity contribution in [1.29, 1.82) is 0 Å². The summed E-state index contributed by atoms with van der Waals surface area (Å²) in [4.78, 5) is 16.8. The Morgan fingerprint density at radius 1 is 1.24 bits per heavy atom. The Labute approximate surface area is 146 Å². The number of hydrogen-bond acceptors (Lipinski definition) is 5. The average Bonchev–Trinajstić information content (AvgIpc) is 3.22. The first-order chi connectivity index (χ1) is 12.2. The lowest BCUT2D eigenvalue weighted by Crippen LogP contribution is -2.41. The van der Waals surface area contributed by atoms with E-state index in [-0.39, 0.29) is 5.91 Å². The second-order valence-electron chi connectivity index (χ2n) is 6.43. The minimum Gasteiger partial charge on any atom is -0.497 e. The van der Waals surface area contributed by atoms with E-state index in [2.05, 4.69) is 27.2 Å². The molecule has 7 nitrogen and oxygen atoms in total. The number of aromatic amines is 1. The van der Waals surface area contributed by atoms with Crippen molar-refractivity contribution >= 4 is 5.91 Å². The Morgan fingerprint density at radius 2 is 2.00 bits per heavy atom. The van der Waals surface area contributed by atoms with Gasteiger partial charge in [0.2, 0.25) is 0 Å². The van der Waals surface area contributed by atoms with E-state index < -0.39 is 0 Å². The van der Waals surface area contributed by atoms with Gasteiger partial charge in [-0.2, -0.15) is 5.10 Å². The summed E-state index contributed by atoms with van der Waals surface area (Å²) in [6, 6.07) is 8.09. The Bertz CT molecular complexity index is 750. The molecule has 0 unspecified atom stereocenters. The number of nitrogens with zero attached hydrogens (tertiary/aromatic N) is 3. The lowest BCUT2D eigenvalue weighted by atomic mass is 10.2. The minimum absolute atomic E-state index is 0.00657. The summed E-state index contributed by atoms with van der Waals surface area (Å²) in [6.07, 6.45) is 0. The standard InChI is InChI=1S/C18H22N4O3/c1-24-14-4-2-13(3-5-14)10-21-11-15-16(12-21)19-20-17(15)18(23)22-6-8-25-9-7-22/h2-5H,6-12H2,1H3,(H,19,20). The van der Waals surface area contributed by atoms with Crippen LogP contribution < -0.4 is 4.74 Å². The van der Waals surface area contributed by atoms with E-state index in [1.165, 1.54) is 5.56 Å². The number of hydrogen-bond donors (Lipinski definition) is 1. The molecule has 2 aliphatic heterocycles. The van der Waals surface area contributed by atoms with Crippen molar-refractivity contribution in [1.82, 2.24) is 20.0 Å². The van der Waals surface area contributed by atoms with Gasteiger partial charge in [-0.05, 0) is 17.7 Å². The van der Waals surface area contributed by atoms with Crippen LogP contribution in [0.1, 0.15) is 27.3 Å². The second-order valence-corrected chi connectivity index (χ2v) is 6.43. The van der Waals surface area contributed by atoms with Crippen LogP contribution in [0.4, 0.5) is 0 Å². The number of benzene rings is 1. The van der Waals surface area contributed by atoms with Gasteiger partial charge in [0.05, 0.1) is 26.0 Å². The van der Waals surface area contributed by atoms with E-state index in [0.29, 0.717) is 32.0 Å².